The topological polar surface area (TPSA) is 92.7 Å². The van der Waals surface area contributed by atoms with E-state index < -0.39 is 17.9 Å². The van der Waals surface area contributed by atoms with Crippen LogP contribution < -0.4 is 5.11 Å². The fraction of sp³-hybridized carbons (Fsp3) is 0.154. The van der Waals surface area contributed by atoms with E-state index in [9.17, 15) is 19.5 Å². The van der Waals surface area contributed by atoms with E-state index in [1.807, 2.05) is 0 Å². The summed E-state index contributed by atoms with van der Waals surface area (Å²) in [6, 6.07) is 5.52. The molecular formula is C13H11O6-. The standard InChI is InChI=1S/C13H12O6/c1-2-11(14)18-7-8-19-13(17)10-6-4-3-5-9(10)12(15)16/h2-6H,1,7-8H2,(H,15,16)/p-1. The van der Waals surface area contributed by atoms with Crippen molar-refractivity contribution in [3.63, 3.8) is 0 Å². The molecule has 0 aromatic heterocycles. The largest absolute Gasteiger partial charge is 0.545 e. The van der Waals surface area contributed by atoms with Crippen LogP contribution >= 0.6 is 0 Å². The second-order valence-corrected chi connectivity index (χ2v) is 3.34. The molecule has 0 N–H and O–H groups in total. The molecule has 0 unspecified atom stereocenters. The van der Waals surface area contributed by atoms with Crippen LogP contribution in [0.3, 0.4) is 0 Å². The first-order valence-corrected chi connectivity index (χ1v) is 5.33. The molecule has 6 heteroatoms. The molecule has 1 aromatic rings. The molecule has 0 aliphatic rings. The van der Waals surface area contributed by atoms with E-state index in [0.717, 1.165) is 6.08 Å². The Morgan fingerprint density at radius 1 is 1.11 bits per heavy atom. The minimum absolute atomic E-state index is 0.113. The van der Waals surface area contributed by atoms with Gasteiger partial charge in [0.25, 0.3) is 0 Å². The molecular weight excluding hydrogens is 252 g/mol. The molecule has 0 atom stereocenters. The van der Waals surface area contributed by atoms with Crippen LogP contribution in [-0.4, -0.2) is 31.1 Å². The zero-order chi connectivity index (χ0) is 14.3. The lowest BCUT2D eigenvalue weighted by molar-refractivity contribution is -0.255. The van der Waals surface area contributed by atoms with E-state index in [2.05, 4.69) is 11.3 Å². The van der Waals surface area contributed by atoms with Gasteiger partial charge in [-0.2, -0.15) is 0 Å². The maximum absolute atomic E-state index is 11.6. The zero-order valence-corrected chi connectivity index (χ0v) is 9.96. The number of benzene rings is 1. The number of carbonyl (C=O) groups is 3. The Balaban J connectivity index is 2.57. The summed E-state index contributed by atoms with van der Waals surface area (Å²) in [6.45, 7) is 2.88. The quantitative estimate of drug-likeness (QED) is 0.405. The molecule has 1 aromatic carbocycles. The van der Waals surface area contributed by atoms with Gasteiger partial charge < -0.3 is 19.4 Å². The SMILES string of the molecule is C=CC(=O)OCCOC(=O)c1ccccc1C(=O)[O-]. The maximum Gasteiger partial charge on any atom is 0.338 e. The average molecular weight is 263 g/mol. The zero-order valence-electron chi connectivity index (χ0n) is 9.96. The second-order valence-electron chi connectivity index (χ2n) is 3.34. The van der Waals surface area contributed by atoms with Gasteiger partial charge in [0.15, 0.2) is 0 Å². The number of rotatable bonds is 6. The van der Waals surface area contributed by atoms with Crippen LogP contribution in [0.2, 0.25) is 0 Å². The van der Waals surface area contributed by atoms with Crippen molar-refractivity contribution in [3.05, 3.63) is 48.0 Å². The van der Waals surface area contributed by atoms with Gasteiger partial charge in [-0.1, -0.05) is 24.8 Å². The highest BCUT2D eigenvalue weighted by Gasteiger charge is 2.12. The van der Waals surface area contributed by atoms with Crippen molar-refractivity contribution in [1.82, 2.24) is 0 Å². The number of ether oxygens (including phenoxy) is 2. The van der Waals surface area contributed by atoms with Crippen molar-refractivity contribution in [1.29, 1.82) is 0 Å². The summed E-state index contributed by atoms with van der Waals surface area (Å²) in [5.74, 6) is -2.92. The highest BCUT2D eigenvalue weighted by atomic mass is 16.6. The van der Waals surface area contributed by atoms with Crippen molar-refractivity contribution in [2.75, 3.05) is 13.2 Å². The molecule has 0 radical (unpaired) electrons. The van der Waals surface area contributed by atoms with E-state index in [1.54, 1.807) is 0 Å². The van der Waals surface area contributed by atoms with Crippen LogP contribution in [0, 0.1) is 0 Å². The first-order chi connectivity index (χ1) is 9.06. The summed E-state index contributed by atoms with van der Waals surface area (Å²) < 4.78 is 9.36. The molecule has 0 heterocycles. The number of esters is 2. The van der Waals surface area contributed by atoms with Gasteiger partial charge in [0.1, 0.15) is 13.2 Å². The first kappa shape index (κ1) is 14.4. The third kappa shape index (κ3) is 4.27. The predicted molar refractivity (Wildman–Crippen MR) is 62.2 cm³/mol. The van der Waals surface area contributed by atoms with E-state index in [1.165, 1.54) is 24.3 Å². The van der Waals surface area contributed by atoms with Crippen LogP contribution in [0.4, 0.5) is 0 Å². The highest BCUT2D eigenvalue weighted by molar-refractivity contribution is 6.01. The fourth-order valence-electron chi connectivity index (χ4n) is 1.25. The molecule has 0 aliphatic heterocycles. The van der Waals surface area contributed by atoms with Crippen molar-refractivity contribution in [2.24, 2.45) is 0 Å². The minimum Gasteiger partial charge on any atom is -0.545 e. The van der Waals surface area contributed by atoms with Crippen LogP contribution in [-0.2, 0) is 14.3 Å². The second kappa shape index (κ2) is 6.95. The third-order valence-electron chi connectivity index (χ3n) is 2.09. The molecule has 0 aliphatic carbocycles. The first-order valence-electron chi connectivity index (χ1n) is 5.33. The molecule has 0 saturated carbocycles. The highest BCUT2D eigenvalue weighted by Crippen LogP contribution is 2.09. The summed E-state index contributed by atoms with van der Waals surface area (Å²) in [6.07, 6.45) is 0.979. The predicted octanol–water partition coefficient (Wildman–Crippen LogP) is -0.0639. The van der Waals surface area contributed by atoms with Crippen LogP contribution in [0.5, 0.6) is 0 Å². The van der Waals surface area contributed by atoms with Gasteiger partial charge in [0, 0.05) is 11.6 Å². The molecule has 0 saturated heterocycles. The molecule has 100 valence electrons. The van der Waals surface area contributed by atoms with Crippen molar-refractivity contribution in [2.45, 2.75) is 0 Å². The van der Waals surface area contributed by atoms with Gasteiger partial charge in [-0.3, -0.25) is 0 Å². The summed E-state index contributed by atoms with van der Waals surface area (Å²) in [4.78, 5) is 33.1. The molecule has 19 heavy (non-hydrogen) atoms. The Kier molecular flexibility index (Phi) is 5.28. The number of carboxylic acids is 1. The number of hydrogen-bond donors (Lipinski definition) is 0. The molecule has 1 rings (SSSR count). The fourth-order valence-corrected chi connectivity index (χ4v) is 1.25. The molecule has 0 spiro atoms. The molecule has 0 amide bonds. The van der Waals surface area contributed by atoms with Crippen molar-refractivity contribution >= 4 is 17.9 Å². The lowest BCUT2D eigenvalue weighted by atomic mass is 10.1. The number of carbonyl (C=O) groups excluding carboxylic acids is 3. The van der Waals surface area contributed by atoms with Gasteiger partial charge >= 0.3 is 11.9 Å². The van der Waals surface area contributed by atoms with Crippen LogP contribution in [0.1, 0.15) is 20.7 Å². The summed E-state index contributed by atoms with van der Waals surface area (Å²) >= 11 is 0. The van der Waals surface area contributed by atoms with Gasteiger partial charge in [-0.25, -0.2) is 9.59 Å². The number of aromatic carboxylic acids is 1. The van der Waals surface area contributed by atoms with Crippen molar-refractivity contribution < 1.29 is 29.0 Å². The third-order valence-corrected chi connectivity index (χ3v) is 2.09. The van der Waals surface area contributed by atoms with E-state index in [4.69, 9.17) is 4.74 Å². The monoisotopic (exact) mass is 263 g/mol. The smallest absolute Gasteiger partial charge is 0.338 e. The van der Waals surface area contributed by atoms with Crippen LogP contribution in [0.25, 0.3) is 0 Å². The molecule has 0 bridgehead atoms. The van der Waals surface area contributed by atoms with Crippen LogP contribution in [0.15, 0.2) is 36.9 Å². The summed E-state index contributed by atoms with van der Waals surface area (Å²) in [5, 5.41) is 10.8. The summed E-state index contributed by atoms with van der Waals surface area (Å²) in [7, 11) is 0. The Morgan fingerprint density at radius 3 is 2.26 bits per heavy atom. The van der Waals surface area contributed by atoms with Gasteiger partial charge in [0.05, 0.1) is 11.5 Å². The minimum atomic E-state index is -1.47. The van der Waals surface area contributed by atoms with E-state index >= 15 is 0 Å². The Bertz CT molecular complexity index is 506. The van der Waals surface area contributed by atoms with Gasteiger partial charge in [0.2, 0.25) is 0 Å². The van der Waals surface area contributed by atoms with Gasteiger partial charge in [-0.05, 0) is 6.07 Å². The number of hydrogen-bond acceptors (Lipinski definition) is 6. The van der Waals surface area contributed by atoms with Gasteiger partial charge in [-0.15, -0.1) is 0 Å². The lowest BCUT2D eigenvalue weighted by Crippen LogP contribution is -2.25. The van der Waals surface area contributed by atoms with E-state index in [0.29, 0.717) is 0 Å². The normalized spacial score (nSPS) is 9.47. The Morgan fingerprint density at radius 2 is 1.68 bits per heavy atom. The Labute approximate surface area is 109 Å². The van der Waals surface area contributed by atoms with E-state index in [-0.39, 0.29) is 24.3 Å². The summed E-state index contributed by atoms with van der Waals surface area (Å²) in [5.41, 5.74) is -0.367. The number of carboxylic acid groups (broad SMARTS) is 1. The molecule has 0 fully saturated rings. The lowest BCUT2D eigenvalue weighted by Gasteiger charge is -2.09. The maximum atomic E-state index is 11.6. The Hall–Kier alpha value is -2.63. The van der Waals surface area contributed by atoms with Crippen molar-refractivity contribution in [3.8, 4) is 0 Å². The average Bonchev–Trinajstić information content (AvgIpc) is 2.42. The molecule has 6 nitrogen and oxygen atoms in total.